The van der Waals surface area contributed by atoms with Crippen molar-refractivity contribution in [2.45, 2.75) is 20.3 Å². The van der Waals surface area contributed by atoms with Crippen molar-refractivity contribution in [1.29, 1.82) is 0 Å². The molecule has 0 aliphatic heterocycles. The van der Waals surface area contributed by atoms with Crippen LogP contribution in [0.2, 0.25) is 0 Å². The number of aryl methyl sites for hydroxylation is 2. The second kappa shape index (κ2) is 4.39. The quantitative estimate of drug-likeness (QED) is 0.763. The van der Waals surface area contributed by atoms with Gasteiger partial charge >= 0.3 is 0 Å². The fraction of sp³-hybridized carbons (Fsp3) is 0.200. The number of benzene rings is 1. The van der Waals surface area contributed by atoms with Crippen molar-refractivity contribution in [3.63, 3.8) is 0 Å². The Labute approximate surface area is 111 Å². The Balaban J connectivity index is 2.22. The number of nitrogens with zero attached hydrogens (tertiary/aromatic N) is 3. The first-order valence-corrected chi connectivity index (χ1v) is 6.40. The van der Waals surface area contributed by atoms with Gasteiger partial charge in [-0.25, -0.2) is 9.97 Å². The molecule has 1 aromatic carbocycles. The van der Waals surface area contributed by atoms with Gasteiger partial charge in [0, 0.05) is 5.69 Å². The number of anilines is 1. The Bertz CT molecular complexity index is 726. The van der Waals surface area contributed by atoms with E-state index in [2.05, 4.69) is 41.2 Å². The highest BCUT2D eigenvalue weighted by Crippen LogP contribution is 2.22. The van der Waals surface area contributed by atoms with Crippen LogP contribution in [0.15, 0.2) is 36.4 Å². The van der Waals surface area contributed by atoms with Crippen LogP contribution in [0.5, 0.6) is 0 Å². The van der Waals surface area contributed by atoms with E-state index in [4.69, 9.17) is 5.73 Å². The highest BCUT2D eigenvalue weighted by atomic mass is 15.2. The van der Waals surface area contributed by atoms with Gasteiger partial charge in [0.1, 0.15) is 5.52 Å². The molecule has 0 unspecified atom stereocenters. The van der Waals surface area contributed by atoms with Crippen LogP contribution in [0.4, 0.5) is 5.95 Å². The van der Waals surface area contributed by atoms with Gasteiger partial charge in [-0.1, -0.05) is 19.1 Å². The minimum Gasteiger partial charge on any atom is -0.369 e. The summed E-state index contributed by atoms with van der Waals surface area (Å²) in [4.78, 5) is 8.89. The van der Waals surface area contributed by atoms with Gasteiger partial charge in [0.25, 0.3) is 0 Å². The van der Waals surface area contributed by atoms with Crippen molar-refractivity contribution < 1.29 is 0 Å². The van der Waals surface area contributed by atoms with E-state index in [1.165, 1.54) is 5.56 Å². The second-order valence-electron chi connectivity index (χ2n) is 4.62. The summed E-state index contributed by atoms with van der Waals surface area (Å²) >= 11 is 0. The lowest BCUT2D eigenvalue weighted by Gasteiger charge is -2.07. The van der Waals surface area contributed by atoms with Crippen LogP contribution < -0.4 is 5.73 Å². The molecule has 0 aliphatic carbocycles. The number of hydrogen-bond donors (Lipinski definition) is 1. The van der Waals surface area contributed by atoms with Gasteiger partial charge in [0.15, 0.2) is 5.65 Å². The van der Waals surface area contributed by atoms with Gasteiger partial charge < -0.3 is 5.73 Å². The molecule has 2 aromatic heterocycles. The molecule has 3 rings (SSSR count). The molecule has 4 heteroatoms. The standard InChI is InChI=1S/C15H16N4/c1-3-11-5-7-12(8-6-11)19-14-13(18-15(19)16)9-4-10(2)17-14/h4-9H,3H2,1-2H3,(H2,16,18). The van der Waals surface area contributed by atoms with Crippen molar-refractivity contribution in [1.82, 2.24) is 14.5 Å². The number of aromatic nitrogens is 3. The van der Waals surface area contributed by atoms with Crippen molar-refractivity contribution in [3.05, 3.63) is 47.7 Å². The molecule has 0 atom stereocenters. The minimum absolute atomic E-state index is 0.470. The molecule has 2 heterocycles. The van der Waals surface area contributed by atoms with Crippen molar-refractivity contribution in [3.8, 4) is 5.69 Å². The van der Waals surface area contributed by atoms with Crippen molar-refractivity contribution in [2.24, 2.45) is 0 Å². The number of nitrogens with two attached hydrogens (primary N) is 1. The van der Waals surface area contributed by atoms with Crippen molar-refractivity contribution in [2.75, 3.05) is 5.73 Å². The topological polar surface area (TPSA) is 56.7 Å². The summed E-state index contributed by atoms with van der Waals surface area (Å²) in [5, 5.41) is 0. The third-order valence-corrected chi connectivity index (χ3v) is 3.27. The summed E-state index contributed by atoms with van der Waals surface area (Å²) in [5.41, 5.74) is 10.9. The van der Waals surface area contributed by atoms with Crippen LogP contribution in [0, 0.1) is 6.92 Å². The number of hydrogen-bond acceptors (Lipinski definition) is 3. The fourth-order valence-corrected chi connectivity index (χ4v) is 2.20. The first-order chi connectivity index (χ1) is 9.19. The monoisotopic (exact) mass is 252 g/mol. The van der Waals surface area contributed by atoms with Gasteiger partial charge in [0.2, 0.25) is 5.95 Å². The molecule has 2 N–H and O–H groups in total. The highest BCUT2D eigenvalue weighted by Gasteiger charge is 2.11. The molecular formula is C15H16N4. The first kappa shape index (κ1) is 11.7. The van der Waals surface area contributed by atoms with Gasteiger partial charge in [-0.3, -0.25) is 4.57 Å². The first-order valence-electron chi connectivity index (χ1n) is 6.40. The number of rotatable bonds is 2. The molecule has 96 valence electrons. The molecule has 0 saturated heterocycles. The van der Waals surface area contributed by atoms with Crippen LogP contribution in [0.1, 0.15) is 18.2 Å². The van der Waals surface area contributed by atoms with Gasteiger partial charge in [0.05, 0.1) is 5.69 Å². The highest BCUT2D eigenvalue weighted by molar-refractivity contribution is 5.77. The number of fused-ring (bicyclic) bond motifs is 1. The average molecular weight is 252 g/mol. The summed E-state index contributed by atoms with van der Waals surface area (Å²) in [6.45, 7) is 4.11. The van der Waals surface area contributed by atoms with E-state index >= 15 is 0 Å². The summed E-state index contributed by atoms with van der Waals surface area (Å²) in [7, 11) is 0. The third kappa shape index (κ3) is 1.95. The third-order valence-electron chi connectivity index (χ3n) is 3.27. The van der Waals surface area contributed by atoms with Crippen LogP contribution in [0.25, 0.3) is 16.9 Å². The lowest BCUT2D eigenvalue weighted by atomic mass is 10.1. The second-order valence-corrected chi connectivity index (χ2v) is 4.62. The Morgan fingerprint density at radius 2 is 1.79 bits per heavy atom. The van der Waals surface area contributed by atoms with E-state index in [-0.39, 0.29) is 0 Å². The maximum absolute atomic E-state index is 6.02. The summed E-state index contributed by atoms with van der Waals surface area (Å²) in [6, 6.07) is 12.2. The smallest absolute Gasteiger partial charge is 0.207 e. The Morgan fingerprint density at radius 1 is 1.05 bits per heavy atom. The summed E-state index contributed by atoms with van der Waals surface area (Å²) in [6.07, 6.45) is 1.03. The normalized spacial score (nSPS) is 11.1. The molecule has 0 radical (unpaired) electrons. The van der Waals surface area contributed by atoms with E-state index in [0.717, 1.165) is 29.0 Å². The van der Waals surface area contributed by atoms with E-state index in [1.54, 1.807) is 0 Å². The lowest BCUT2D eigenvalue weighted by Crippen LogP contribution is -2.01. The molecule has 0 saturated carbocycles. The maximum atomic E-state index is 6.02. The molecule has 0 aliphatic rings. The van der Waals surface area contributed by atoms with Gasteiger partial charge in [-0.05, 0) is 43.2 Å². The minimum atomic E-state index is 0.470. The maximum Gasteiger partial charge on any atom is 0.207 e. The Morgan fingerprint density at radius 3 is 2.47 bits per heavy atom. The Hall–Kier alpha value is -2.36. The Kier molecular flexibility index (Phi) is 2.71. The van der Waals surface area contributed by atoms with Crippen molar-refractivity contribution >= 4 is 17.1 Å². The molecule has 0 amide bonds. The van der Waals surface area contributed by atoms with Crippen LogP contribution in [0.3, 0.4) is 0 Å². The van der Waals surface area contributed by atoms with Gasteiger partial charge in [-0.15, -0.1) is 0 Å². The zero-order valence-corrected chi connectivity index (χ0v) is 11.1. The van der Waals surface area contributed by atoms with Crippen LogP contribution in [-0.2, 0) is 6.42 Å². The molecule has 0 bridgehead atoms. The molecular weight excluding hydrogens is 236 g/mol. The van der Waals surface area contributed by atoms with Crippen LogP contribution >= 0.6 is 0 Å². The predicted molar refractivity (Wildman–Crippen MR) is 77.4 cm³/mol. The summed E-state index contributed by atoms with van der Waals surface area (Å²) < 4.78 is 1.89. The van der Waals surface area contributed by atoms with E-state index in [9.17, 15) is 0 Å². The average Bonchev–Trinajstić information content (AvgIpc) is 2.74. The SMILES string of the molecule is CCc1ccc(-n2c(N)nc3ccc(C)nc32)cc1. The molecule has 0 fully saturated rings. The molecule has 4 nitrogen and oxygen atoms in total. The zero-order valence-electron chi connectivity index (χ0n) is 11.1. The largest absolute Gasteiger partial charge is 0.369 e. The molecule has 3 aromatic rings. The number of nitrogen functional groups attached to an aromatic ring is 1. The zero-order chi connectivity index (χ0) is 13.4. The molecule has 19 heavy (non-hydrogen) atoms. The van der Waals surface area contributed by atoms with E-state index < -0.39 is 0 Å². The number of imidazole rings is 1. The summed E-state index contributed by atoms with van der Waals surface area (Å²) in [5.74, 6) is 0.470. The lowest BCUT2D eigenvalue weighted by molar-refractivity contribution is 1.06. The van der Waals surface area contributed by atoms with Gasteiger partial charge in [-0.2, -0.15) is 0 Å². The number of pyridine rings is 1. The van der Waals surface area contributed by atoms with Crippen LogP contribution in [-0.4, -0.2) is 14.5 Å². The molecule has 0 spiro atoms. The van der Waals surface area contributed by atoms with E-state index in [0.29, 0.717) is 5.95 Å². The van der Waals surface area contributed by atoms with E-state index in [1.807, 2.05) is 23.6 Å². The fourth-order valence-electron chi connectivity index (χ4n) is 2.20. The predicted octanol–water partition coefficient (Wildman–Crippen LogP) is 2.87.